The quantitative estimate of drug-likeness (QED) is 0.629. The number of amides is 1. The molecule has 1 rings (SSSR count). The highest BCUT2D eigenvalue weighted by Crippen LogP contribution is 2.09. The van der Waals surface area contributed by atoms with E-state index in [0.29, 0.717) is 5.57 Å². The standard InChI is InChI=1S/C13H19NOSi/c1-11(2)13(15)14-16(3,4)10-12-8-6-5-7-9-12/h5-9H,1,10H2,2-4H3,(H,14,15). The summed E-state index contributed by atoms with van der Waals surface area (Å²) >= 11 is 0. The maximum Gasteiger partial charge on any atom is 0.238 e. The molecule has 0 saturated carbocycles. The molecule has 0 unspecified atom stereocenters. The first-order chi connectivity index (χ1) is 7.41. The molecule has 0 fully saturated rings. The molecule has 1 N–H and O–H groups in total. The van der Waals surface area contributed by atoms with Crippen molar-refractivity contribution in [2.24, 2.45) is 0 Å². The lowest BCUT2D eigenvalue weighted by atomic mass is 10.2. The second kappa shape index (κ2) is 5.12. The van der Waals surface area contributed by atoms with Crippen LogP contribution in [0.4, 0.5) is 0 Å². The molecule has 0 saturated heterocycles. The van der Waals surface area contributed by atoms with E-state index in [1.165, 1.54) is 5.56 Å². The van der Waals surface area contributed by atoms with Gasteiger partial charge >= 0.3 is 0 Å². The molecule has 1 aromatic rings. The first-order valence-electron chi connectivity index (χ1n) is 5.43. The molecule has 0 bridgehead atoms. The van der Waals surface area contributed by atoms with Crippen molar-refractivity contribution >= 4 is 14.1 Å². The van der Waals surface area contributed by atoms with E-state index in [0.717, 1.165) is 6.04 Å². The Bertz CT molecular complexity index is 384. The Morgan fingerprint density at radius 2 is 1.88 bits per heavy atom. The highest BCUT2D eigenvalue weighted by Gasteiger charge is 2.24. The normalized spacial score (nSPS) is 10.9. The highest BCUT2D eigenvalue weighted by atomic mass is 28.3. The highest BCUT2D eigenvalue weighted by molar-refractivity contribution is 6.76. The Kier molecular flexibility index (Phi) is 4.07. The Morgan fingerprint density at radius 3 is 2.38 bits per heavy atom. The van der Waals surface area contributed by atoms with Crippen molar-refractivity contribution in [3.63, 3.8) is 0 Å². The van der Waals surface area contributed by atoms with Gasteiger partial charge in [-0.15, -0.1) is 0 Å². The summed E-state index contributed by atoms with van der Waals surface area (Å²) in [5.41, 5.74) is 1.86. The van der Waals surface area contributed by atoms with Gasteiger partial charge in [0.15, 0.2) is 8.24 Å². The first-order valence-corrected chi connectivity index (χ1v) is 8.63. The van der Waals surface area contributed by atoms with Crippen LogP contribution in [0.3, 0.4) is 0 Å². The molecule has 16 heavy (non-hydrogen) atoms. The Hall–Kier alpha value is -1.35. The Morgan fingerprint density at radius 1 is 1.31 bits per heavy atom. The number of rotatable bonds is 4. The van der Waals surface area contributed by atoms with Gasteiger partial charge in [0, 0.05) is 5.57 Å². The van der Waals surface area contributed by atoms with Gasteiger partial charge in [-0.3, -0.25) is 4.79 Å². The molecular formula is C13H19NOSi. The van der Waals surface area contributed by atoms with E-state index < -0.39 is 8.24 Å². The molecule has 0 atom stereocenters. The molecule has 0 aromatic heterocycles. The summed E-state index contributed by atoms with van der Waals surface area (Å²) in [6.07, 6.45) is 0. The molecule has 0 aliphatic rings. The molecule has 0 radical (unpaired) electrons. The number of carbonyl (C=O) groups is 1. The lowest BCUT2D eigenvalue weighted by Gasteiger charge is -2.23. The van der Waals surface area contributed by atoms with Crippen LogP contribution in [0.5, 0.6) is 0 Å². The van der Waals surface area contributed by atoms with E-state index in [1.54, 1.807) is 6.92 Å². The molecular weight excluding hydrogens is 214 g/mol. The summed E-state index contributed by atoms with van der Waals surface area (Å²) < 4.78 is 0. The largest absolute Gasteiger partial charge is 0.378 e. The van der Waals surface area contributed by atoms with Gasteiger partial charge in [0.05, 0.1) is 0 Å². The third-order valence-corrected chi connectivity index (χ3v) is 4.52. The van der Waals surface area contributed by atoms with Crippen LogP contribution in [-0.2, 0) is 10.8 Å². The van der Waals surface area contributed by atoms with Gasteiger partial charge in [0.2, 0.25) is 5.91 Å². The lowest BCUT2D eigenvalue weighted by molar-refractivity contribution is -0.116. The van der Waals surface area contributed by atoms with Crippen LogP contribution >= 0.6 is 0 Å². The van der Waals surface area contributed by atoms with Crippen molar-refractivity contribution in [2.75, 3.05) is 0 Å². The minimum atomic E-state index is -1.73. The van der Waals surface area contributed by atoms with Gasteiger partial charge in [-0.2, -0.15) is 0 Å². The monoisotopic (exact) mass is 233 g/mol. The molecule has 0 spiro atoms. The molecule has 3 heteroatoms. The van der Waals surface area contributed by atoms with Crippen molar-refractivity contribution in [1.82, 2.24) is 4.98 Å². The predicted octanol–water partition coefficient (Wildman–Crippen LogP) is 2.67. The number of benzene rings is 1. The van der Waals surface area contributed by atoms with Crippen molar-refractivity contribution in [3.05, 3.63) is 48.0 Å². The molecule has 0 aliphatic heterocycles. The van der Waals surface area contributed by atoms with Gasteiger partial charge < -0.3 is 4.98 Å². The topological polar surface area (TPSA) is 29.1 Å². The zero-order chi connectivity index (χ0) is 12.2. The maximum atomic E-state index is 11.6. The average Bonchev–Trinajstić information content (AvgIpc) is 2.17. The van der Waals surface area contributed by atoms with Crippen molar-refractivity contribution in [3.8, 4) is 0 Å². The van der Waals surface area contributed by atoms with E-state index in [9.17, 15) is 4.79 Å². The van der Waals surface area contributed by atoms with E-state index in [1.807, 2.05) is 18.2 Å². The number of hydrogen-bond acceptors (Lipinski definition) is 1. The van der Waals surface area contributed by atoms with E-state index in [-0.39, 0.29) is 5.91 Å². The summed E-state index contributed by atoms with van der Waals surface area (Å²) in [5, 5.41) is 0. The van der Waals surface area contributed by atoms with Gasteiger partial charge in [0.1, 0.15) is 0 Å². The predicted molar refractivity (Wildman–Crippen MR) is 70.6 cm³/mol. The van der Waals surface area contributed by atoms with Crippen LogP contribution < -0.4 is 4.98 Å². The van der Waals surface area contributed by atoms with Crippen LogP contribution in [0.15, 0.2) is 42.5 Å². The minimum Gasteiger partial charge on any atom is -0.378 e. The summed E-state index contributed by atoms with van der Waals surface area (Å²) in [6.45, 7) is 9.70. The molecule has 0 aliphatic carbocycles. The zero-order valence-corrected chi connectivity index (χ0v) is 11.2. The fourth-order valence-corrected chi connectivity index (χ4v) is 3.74. The van der Waals surface area contributed by atoms with Crippen LogP contribution in [0, 0.1) is 0 Å². The Balaban J connectivity index is 2.65. The molecule has 86 valence electrons. The van der Waals surface area contributed by atoms with Crippen molar-refractivity contribution in [1.29, 1.82) is 0 Å². The first kappa shape index (κ1) is 12.7. The van der Waals surface area contributed by atoms with Crippen LogP contribution in [0.2, 0.25) is 13.1 Å². The summed E-state index contributed by atoms with van der Waals surface area (Å²) in [5.74, 6) is -0.0207. The van der Waals surface area contributed by atoms with Gasteiger partial charge in [-0.1, -0.05) is 50.0 Å². The smallest absolute Gasteiger partial charge is 0.238 e. The SMILES string of the molecule is C=C(C)C(=O)N[Si](C)(C)Cc1ccccc1. The van der Waals surface area contributed by atoms with Gasteiger partial charge in [0.25, 0.3) is 0 Å². The third kappa shape index (κ3) is 4.02. The molecule has 1 aromatic carbocycles. The average molecular weight is 233 g/mol. The summed E-state index contributed by atoms with van der Waals surface area (Å²) in [7, 11) is -1.73. The zero-order valence-electron chi connectivity index (χ0n) is 10.2. The number of carbonyl (C=O) groups excluding carboxylic acids is 1. The van der Waals surface area contributed by atoms with Crippen LogP contribution in [-0.4, -0.2) is 14.1 Å². The molecule has 1 amide bonds. The number of hydrogen-bond donors (Lipinski definition) is 1. The third-order valence-electron chi connectivity index (χ3n) is 2.33. The van der Waals surface area contributed by atoms with Crippen LogP contribution in [0.25, 0.3) is 0 Å². The minimum absolute atomic E-state index is 0.0207. The fraction of sp³-hybridized carbons (Fsp3) is 0.308. The van der Waals surface area contributed by atoms with Crippen molar-refractivity contribution in [2.45, 2.75) is 26.1 Å². The van der Waals surface area contributed by atoms with Crippen molar-refractivity contribution < 1.29 is 4.79 Å². The fourth-order valence-electron chi connectivity index (χ4n) is 1.56. The molecule has 0 heterocycles. The summed E-state index contributed by atoms with van der Waals surface area (Å²) in [6, 6.07) is 11.2. The lowest BCUT2D eigenvalue weighted by Crippen LogP contribution is -2.50. The van der Waals surface area contributed by atoms with Crippen LogP contribution in [0.1, 0.15) is 12.5 Å². The number of nitrogens with one attached hydrogen (secondary N) is 1. The Labute approximate surface area is 98.5 Å². The second-order valence-electron chi connectivity index (χ2n) is 4.78. The summed E-state index contributed by atoms with van der Waals surface area (Å²) in [4.78, 5) is 14.7. The van der Waals surface area contributed by atoms with E-state index in [4.69, 9.17) is 0 Å². The molecule has 2 nitrogen and oxygen atoms in total. The van der Waals surface area contributed by atoms with Gasteiger partial charge in [-0.05, 0) is 18.5 Å². The van der Waals surface area contributed by atoms with E-state index in [2.05, 4.69) is 36.8 Å². The van der Waals surface area contributed by atoms with Gasteiger partial charge in [-0.25, -0.2) is 0 Å². The second-order valence-corrected chi connectivity index (χ2v) is 9.15. The maximum absolute atomic E-state index is 11.6. The van der Waals surface area contributed by atoms with E-state index >= 15 is 0 Å².